The molecule has 7 heteroatoms. The molecule has 2 heterocycles. The van der Waals surface area contributed by atoms with E-state index in [0.717, 1.165) is 22.3 Å². The lowest BCUT2D eigenvalue weighted by atomic mass is 10.2. The largest absolute Gasteiger partial charge is 0.416 e. The van der Waals surface area contributed by atoms with Gasteiger partial charge in [-0.2, -0.15) is 13.2 Å². The van der Waals surface area contributed by atoms with Gasteiger partial charge in [0, 0.05) is 5.69 Å². The number of nitrogens with one attached hydrogen (secondary N) is 2. The smallest absolute Gasteiger partial charge is 0.350 e. The lowest BCUT2D eigenvalue weighted by Gasteiger charge is -2.08. The van der Waals surface area contributed by atoms with Crippen molar-refractivity contribution >= 4 is 33.1 Å². The number of thiophene rings is 1. The van der Waals surface area contributed by atoms with Gasteiger partial charge in [-0.05, 0) is 41.8 Å². The molecule has 0 unspecified atom stereocenters. The first kappa shape index (κ1) is 13.7. The standard InChI is InChI=1S/C14H9F3N2OS/c15-14(16,17)8-1-3-9(4-2-8)18-13(20)11-7-12-10(19-11)5-6-21-12/h1-7,19H,(H,18,20). The van der Waals surface area contributed by atoms with Crippen molar-refractivity contribution in [2.24, 2.45) is 0 Å². The number of rotatable bonds is 2. The number of amides is 1. The highest BCUT2D eigenvalue weighted by molar-refractivity contribution is 7.17. The first-order valence-corrected chi connectivity index (χ1v) is 6.86. The number of carbonyl (C=O) groups is 1. The number of fused-ring (bicyclic) bond motifs is 1. The second kappa shape index (κ2) is 4.92. The number of aromatic nitrogens is 1. The van der Waals surface area contributed by atoms with Crippen LogP contribution in [0, 0.1) is 0 Å². The van der Waals surface area contributed by atoms with Gasteiger partial charge in [0.25, 0.3) is 5.91 Å². The lowest BCUT2D eigenvalue weighted by Crippen LogP contribution is -2.12. The molecule has 0 bridgehead atoms. The third kappa shape index (κ3) is 2.78. The normalized spacial score (nSPS) is 11.8. The van der Waals surface area contributed by atoms with Gasteiger partial charge in [0.2, 0.25) is 0 Å². The number of hydrogen-bond acceptors (Lipinski definition) is 2. The molecule has 0 fully saturated rings. The molecule has 0 saturated heterocycles. The summed E-state index contributed by atoms with van der Waals surface area (Å²) >= 11 is 1.50. The second-order valence-corrected chi connectivity index (χ2v) is 5.36. The van der Waals surface area contributed by atoms with Crippen LogP contribution in [-0.4, -0.2) is 10.9 Å². The van der Waals surface area contributed by atoms with Gasteiger partial charge in [-0.3, -0.25) is 4.79 Å². The van der Waals surface area contributed by atoms with E-state index >= 15 is 0 Å². The number of aromatic amines is 1. The van der Waals surface area contributed by atoms with Crippen LogP contribution in [0.2, 0.25) is 0 Å². The van der Waals surface area contributed by atoms with E-state index in [-0.39, 0.29) is 0 Å². The molecule has 0 aliphatic heterocycles. The molecule has 2 N–H and O–H groups in total. The lowest BCUT2D eigenvalue weighted by molar-refractivity contribution is -0.137. The van der Waals surface area contributed by atoms with Crippen LogP contribution in [0.1, 0.15) is 16.1 Å². The van der Waals surface area contributed by atoms with E-state index in [1.807, 2.05) is 11.4 Å². The Hall–Kier alpha value is -2.28. The van der Waals surface area contributed by atoms with Gasteiger partial charge < -0.3 is 10.3 Å². The predicted molar refractivity (Wildman–Crippen MR) is 75.6 cm³/mol. The number of alkyl halides is 3. The molecule has 1 aromatic carbocycles. The fraction of sp³-hybridized carbons (Fsp3) is 0.0714. The highest BCUT2D eigenvalue weighted by Gasteiger charge is 2.30. The van der Waals surface area contributed by atoms with Crippen LogP contribution in [0.4, 0.5) is 18.9 Å². The van der Waals surface area contributed by atoms with E-state index in [1.165, 1.54) is 23.5 Å². The number of halogens is 3. The Kier molecular flexibility index (Phi) is 3.21. The molecule has 1 amide bonds. The average molecular weight is 310 g/mol. The monoisotopic (exact) mass is 310 g/mol. The molecule has 3 aromatic rings. The summed E-state index contributed by atoms with van der Waals surface area (Å²) in [5.41, 5.74) is 0.793. The molecule has 3 rings (SSSR count). The van der Waals surface area contributed by atoms with Crippen LogP contribution in [-0.2, 0) is 6.18 Å². The Morgan fingerprint density at radius 2 is 1.86 bits per heavy atom. The van der Waals surface area contributed by atoms with Gasteiger partial charge in [-0.15, -0.1) is 11.3 Å². The number of anilines is 1. The third-order valence-electron chi connectivity index (χ3n) is 2.95. The van der Waals surface area contributed by atoms with Crippen LogP contribution < -0.4 is 5.32 Å². The molecule has 0 saturated carbocycles. The number of benzene rings is 1. The molecule has 0 aliphatic carbocycles. The average Bonchev–Trinajstić information content (AvgIpc) is 2.98. The maximum Gasteiger partial charge on any atom is 0.416 e. The zero-order chi connectivity index (χ0) is 15.0. The van der Waals surface area contributed by atoms with Crippen molar-refractivity contribution in [3.63, 3.8) is 0 Å². The van der Waals surface area contributed by atoms with Crippen LogP contribution in [0.3, 0.4) is 0 Å². The molecular weight excluding hydrogens is 301 g/mol. The Morgan fingerprint density at radius 1 is 1.14 bits per heavy atom. The summed E-state index contributed by atoms with van der Waals surface area (Å²) in [5.74, 6) is -0.391. The topological polar surface area (TPSA) is 44.9 Å². The molecule has 0 atom stereocenters. The minimum absolute atomic E-state index is 0.311. The highest BCUT2D eigenvalue weighted by Crippen LogP contribution is 2.30. The summed E-state index contributed by atoms with van der Waals surface area (Å²) in [6.45, 7) is 0. The summed E-state index contributed by atoms with van der Waals surface area (Å²) in [5, 5.41) is 4.46. The molecule has 2 aromatic heterocycles. The van der Waals surface area contributed by atoms with E-state index in [0.29, 0.717) is 11.4 Å². The zero-order valence-corrected chi connectivity index (χ0v) is 11.3. The molecular formula is C14H9F3N2OS. The number of H-pyrrole nitrogens is 1. The quantitative estimate of drug-likeness (QED) is 0.719. The highest BCUT2D eigenvalue weighted by atomic mass is 32.1. The number of carbonyl (C=O) groups excluding carboxylic acids is 1. The molecule has 3 nitrogen and oxygen atoms in total. The van der Waals surface area contributed by atoms with Gasteiger partial charge in [0.1, 0.15) is 5.69 Å². The van der Waals surface area contributed by atoms with Crippen molar-refractivity contribution in [3.8, 4) is 0 Å². The maximum absolute atomic E-state index is 12.4. The first-order chi connectivity index (χ1) is 9.93. The van der Waals surface area contributed by atoms with E-state index in [4.69, 9.17) is 0 Å². The third-order valence-corrected chi connectivity index (χ3v) is 3.82. The molecule has 0 spiro atoms. The van der Waals surface area contributed by atoms with Gasteiger partial charge in [0.05, 0.1) is 15.8 Å². The van der Waals surface area contributed by atoms with Gasteiger partial charge in [0.15, 0.2) is 0 Å². The Morgan fingerprint density at radius 3 is 2.48 bits per heavy atom. The molecule has 0 radical (unpaired) electrons. The van der Waals surface area contributed by atoms with Gasteiger partial charge in [-0.1, -0.05) is 0 Å². The molecule has 108 valence electrons. The van der Waals surface area contributed by atoms with E-state index in [1.54, 1.807) is 6.07 Å². The number of hydrogen-bond donors (Lipinski definition) is 2. The van der Waals surface area contributed by atoms with E-state index in [9.17, 15) is 18.0 Å². The van der Waals surface area contributed by atoms with Crippen molar-refractivity contribution in [2.45, 2.75) is 6.18 Å². The summed E-state index contributed by atoms with van der Waals surface area (Å²) in [7, 11) is 0. The van der Waals surface area contributed by atoms with Crippen LogP contribution in [0.15, 0.2) is 41.8 Å². The maximum atomic E-state index is 12.4. The summed E-state index contributed by atoms with van der Waals surface area (Å²) in [6.07, 6.45) is -4.38. The molecule has 21 heavy (non-hydrogen) atoms. The van der Waals surface area contributed by atoms with Crippen LogP contribution >= 0.6 is 11.3 Å². The fourth-order valence-electron chi connectivity index (χ4n) is 1.91. The molecule has 0 aliphatic rings. The van der Waals surface area contributed by atoms with Gasteiger partial charge >= 0.3 is 6.18 Å². The summed E-state index contributed by atoms with van der Waals surface area (Å²) in [6, 6.07) is 7.89. The summed E-state index contributed by atoms with van der Waals surface area (Å²) in [4.78, 5) is 15.0. The Balaban J connectivity index is 1.76. The minimum atomic E-state index is -4.38. The van der Waals surface area contributed by atoms with Crippen molar-refractivity contribution in [3.05, 3.63) is 53.0 Å². The fourth-order valence-corrected chi connectivity index (χ4v) is 2.69. The SMILES string of the molecule is O=C(Nc1ccc(C(F)(F)F)cc1)c1cc2sccc2[nH]1. The summed E-state index contributed by atoms with van der Waals surface area (Å²) < 4.78 is 38.3. The van der Waals surface area contributed by atoms with Gasteiger partial charge in [-0.25, -0.2) is 0 Å². The second-order valence-electron chi connectivity index (χ2n) is 4.41. The van der Waals surface area contributed by atoms with E-state index in [2.05, 4.69) is 10.3 Å². The van der Waals surface area contributed by atoms with Crippen LogP contribution in [0.25, 0.3) is 10.2 Å². The zero-order valence-electron chi connectivity index (χ0n) is 10.5. The van der Waals surface area contributed by atoms with Crippen molar-refractivity contribution in [1.82, 2.24) is 4.98 Å². The predicted octanol–water partition coefficient (Wildman–Crippen LogP) is 4.50. The Bertz CT molecular complexity index is 758. The van der Waals surface area contributed by atoms with Crippen molar-refractivity contribution in [1.29, 1.82) is 0 Å². The van der Waals surface area contributed by atoms with Crippen molar-refractivity contribution < 1.29 is 18.0 Å². The van der Waals surface area contributed by atoms with E-state index < -0.39 is 17.6 Å². The minimum Gasteiger partial charge on any atom is -0.350 e. The Labute approximate surface area is 121 Å². The van der Waals surface area contributed by atoms with Crippen LogP contribution in [0.5, 0.6) is 0 Å². The first-order valence-electron chi connectivity index (χ1n) is 5.98. The van der Waals surface area contributed by atoms with Crippen molar-refractivity contribution in [2.75, 3.05) is 5.32 Å².